The van der Waals surface area contributed by atoms with Gasteiger partial charge in [0.05, 0.1) is 17.9 Å². The number of hydrogen-bond donors (Lipinski definition) is 0. The summed E-state index contributed by atoms with van der Waals surface area (Å²) in [5, 5.41) is 4.87. The van der Waals surface area contributed by atoms with E-state index in [1.807, 2.05) is 35.2 Å². The summed E-state index contributed by atoms with van der Waals surface area (Å²) < 4.78 is 54.0. The normalized spacial score (nSPS) is 18.3. The van der Waals surface area contributed by atoms with Gasteiger partial charge in [-0.05, 0) is 54.8 Å². The fraction of sp³-hybridized carbons (Fsp3) is 0.333. The van der Waals surface area contributed by atoms with E-state index < -0.39 is 12.1 Å². The van der Waals surface area contributed by atoms with Crippen LogP contribution < -0.4 is 9.80 Å². The van der Waals surface area contributed by atoms with Crippen LogP contribution in [0.25, 0.3) is 17.0 Å². The summed E-state index contributed by atoms with van der Waals surface area (Å²) in [5.74, 6) is -0.730. The second-order valence-electron chi connectivity index (χ2n) is 9.67. The second-order valence-corrected chi connectivity index (χ2v) is 9.67. The van der Waals surface area contributed by atoms with E-state index >= 15 is 0 Å². The highest BCUT2D eigenvalue weighted by Crippen LogP contribution is 2.36. The Morgan fingerprint density at radius 3 is 2.49 bits per heavy atom. The summed E-state index contributed by atoms with van der Waals surface area (Å²) in [4.78, 5) is 25.6. The molecule has 12 heteroatoms. The number of piperazine rings is 1. The number of anilines is 2. The van der Waals surface area contributed by atoms with E-state index in [4.69, 9.17) is 10.1 Å². The molecule has 202 valence electrons. The summed E-state index contributed by atoms with van der Waals surface area (Å²) in [6.07, 6.45) is -1.33. The Bertz CT molecular complexity index is 1510. The molecule has 8 nitrogen and oxygen atoms in total. The van der Waals surface area contributed by atoms with Crippen molar-refractivity contribution < 1.29 is 22.4 Å². The van der Waals surface area contributed by atoms with Gasteiger partial charge >= 0.3 is 12.1 Å². The standard InChI is InChI=1S/C27H25F4N7O/c28-19-5-1-4-18(16-19)21-7-3-11-37(21)25-10-9-23-32-17-22(38(23)34-25)20-6-2-8-24(33-20)35-12-14-36(15-13-35)26(39)27(29,30)31/h1-2,4-6,8-10,16-17,21H,3,7,11-15H2. The van der Waals surface area contributed by atoms with Gasteiger partial charge in [-0.2, -0.15) is 13.2 Å². The molecule has 1 atom stereocenters. The highest BCUT2D eigenvalue weighted by atomic mass is 19.4. The Morgan fingerprint density at radius 1 is 0.923 bits per heavy atom. The molecule has 1 unspecified atom stereocenters. The first kappa shape index (κ1) is 25.1. The molecular formula is C27H25F4N7O. The van der Waals surface area contributed by atoms with Crippen molar-refractivity contribution in [1.82, 2.24) is 24.5 Å². The predicted molar refractivity (Wildman–Crippen MR) is 137 cm³/mol. The van der Waals surface area contributed by atoms with Gasteiger partial charge in [-0.3, -0.25) is 4.79 Å². The van der Waals surface area contributed by atoms with Gasteiger partial charge in [0.25, 0.3) is 0 Å². The molecule has 0 N–H and O–H groups in total. The SMILES string of the molecule is O=C(N1CCN(c2cccc(-c3cnc4ccc(N5CCCC5c5cccc(F)c5)nn34)n2)CC1)C(F)(F)F. The number of halogens is 4. The number of alkyl halides is 3. The van der Waals surface area contributed by atoms with Crippen molar-refractivity contribution in [1.29, 1.82) is 0 Å². The second kappa shape index (κ2) is 9.83. The van der Waals surface area contributed by atoms with Gasteiger partial charge in [0, 0.05) is 32.7 Å². The van der Waals surface area contributed by atoms with Crippen LogP contribution in [0.5, 0.6) is 0 Å². The van der Waals surface area contributed by atoms with Gasteiger partial charge in [-0.15, -0.1) is 5.10 Å². The average Bonchev–Trinajstić information content (AvgIpc) is 3.60. The minimum Gasteiger partial charge on any atom is -0.353 e. The lowest BCUT2D eigenvalue weighted by atomic mass is 10.0. The van der Waals surface area contributed by atoms with Crippen LogP contribution >= 0.6 is 0 Å². The highest BCUT2D eigenvalue weighted by Gasteiger charge is 2.43. The molecule has 6 rings (SSSR count). The van der Waals surface area contributed by atoms with Gasteiger partial charge in [0.2, 0.25) is 0 Å². The number of hydrogen-bond acceptors (Lipinski definition) is 6. The zero-order chi connectivity index (χ0) is 27.1. The number of imidazole rings is 1. The van der Waals surface area contributed by atoms with Gasteiger partial charge < -0.3 is 14.7 Å². The van der Waals surface area contributed by atoms with E-state index in [0.29, 0.717) is 22.9 Å². The largest absolute Gasteiger partial charge is 0.471 e. The van der Waals surface area contributed by atoms with E-state index in [0.717, 1.165) is 35.7 Å². The first-order chi connectivity index (χ1) is 18.8. The first-order valence-corrected chi connectivity index (χ1v) is 12.7. The molecule has 3 aromatic heterocycles. The molecule has 2 fully saturated rings. The molecule has 2 saturated heterocycles. The maximum atomic E-state index is 13.9. The van der Waals surface area contributed by atoms with Crippen LogP contribution in [0.4, 0.5) is 29.2 Å². The number of rotatable bonds is 4. The van der Waals surface area contributed by atoms with Gasteiger partial charge in [0.15, 0.2) is 5.65 Å². The minimum absolute atomic E-state index is 0.0157. The monoisotopic (exact) mass is 539 g/mol. The van der Waals surface area contributed by atoms with Crippen LogP contribution in [-0.4, -0.2) is 69.3 Å². The summed E-state index contributed by atoms with van der Waals surface area (Å²) in [7, 11) is 0. The van der Waals surface area contributed by atoms with E-state index in [1.165, 1.54) is 6.07 Å². The van der Waals surface area contributed by atoms with Crippen LogP contribution in [-0.2, 0) is 4.79 Å². The van der Waals surface area contributed by atoms with Crippen molar-refractivity contribution in [2.75, 3.05) is 42.5 Å². The molecule has 2 aliphatic rings. The molecule has 1 amide bonds. The molecule has 0 aliphatic carbocycles. The predicted octanol–water partition coefficient (Wildman–Crippen LogP) is 4.48. The van der Waals surface area contributed by atoms with E-state index in [-0.39, 0.29) is 38.0 Å². The third-order valence-electron chi connectivity index (χ3n) is 7.26. The van der Waals surface area contributed by atoms with Crippen molar-refractivity contribution >= 4 is 23.2 Å². The molecule has 1 aromatic carbocycles. The molecule has 0 spiro atoms. The molecule has 39 heavy (non-hydrogen) atoms. The highest BCUT2D eigenvalue weighted by molar-refractivity contribution is 5.82. The maximum absolute atomic E-state index is 13.9. The van der Waals surface area contributed by atoms with Crippen molar-refractivity contribution in [3.05, 3.63) is 72.2 Å². The van der Waals surface area contributed by atoms with E-state index in [1.54, 1.807) is 28.9 Å². The number of carbonyl (C=O) groups excluding carboxylic acids is 1. The molecule has 5 heterocycles. The molecule has 0 saturated carbocycles. The van der Waals surface area contributed by atoms with Crippen LogP contribution in [0.15, 0.2) is 60.8 Å². The lowest BCUT2D eigenvalue weighted by molar-refractivity contribution is -0.185. The topological polar surface area (TPSA) is 69.9 Å². The van der Waals surface area contributed by atoms with E-state index in [2.05, 4.69) is 9.88 Å². The molecule has 0 radical (unpaired) electrons. The van der Waals surface area contributed by atoms with Crippen LogP contribution in [0, 0.1) is 5.82 Å². The van der Waals surface area contributed by atoms with Gasteiger partial charge in [-0.1, -0.05) is 18.2 Å². The summed E-state index contributed by atoms with van der Waals surface area (Å²) >= 11 is 0. The number of pyridine rings is 1. The lowest BCUT2D eigenvalue weighted by Crippen LogP contribution is -2.52. The summed E-state index contributed by atoms with van der Waals surface area (Å²) in [5.41, 5.74) is 2.83. The molecule has 4 aromatic rings. The molecular weight excluding hydrogens is 514 g/mol. The Balaban J connectivity index is 1.25. The number of nitrogens with zero attached hydrogens (tertiary/aromatic N) is 7. The van der Waals surface area contributed by atoms with Crippen molar-refractivity contribution in [2.45, 2.75) is 25.1 Å². The lowest BCUT2D eigenvalue weighted by Gasteiger charge is -2.35. The quantitative estimate of drug-likeness (QED) is 0.356. The first-order valence-electron chi connectivity index (χ1n) is 12.7. The van der Waals surface area contributed by atoms with Crippen molar-refractivity contribution in [3.8, 4) is 11.4 Å². The Kier molecular flexibility index (Phi) is 6.32. The van der Waals surface area contributed by atoms with Crippen molar-refractivity contribution in [2.24, 2.45) is 0 Å². The number of carbonyl (C=O) groups is 1. The zero-order valence-corrected chi connectivity index (χ0v) is 20.9. The zero-order valence-electron chi connectivity index (χ0n) is 20.9. The maximum Gasteiger partial charge on any atom is 0.471 e. The smallest absolute Gasteiger partial charge is 0.353 e. The molecule has 0 bridgehead atoms. The number of amides is 1. The number of aromatic nitrogens is 4. The van der Waals surface area contributed by atoms with Crippen LogP contribution in [0.1, 0.15) is 24.4 Å². The Hall–Kier alpha value is -4.22. The number of benzene rings is 1. The number of fused-ring (bicyclic) bond motifs is 1. The summed E-state index contributed by atoms with van der Waals surface area (Å²) in [6.45, 7) is 1.20. The van der Waals surface area contributed by atoms with Gasteiger partial charge in [-0.25, -0.2) is 18.9 Å². The summed E-state index contributed by atoms with van der Waals surface area (Å²) in [6, 6.07) is 15.9. The van der Waals surface area contributed by atoms with Gasteiger partial charge in [0.1, 0.15) is 23.1 Å². The Labute approximate surface area is 221 Å². The van der Waals surface area contributed by atoms with Crippen LogP contribution in [0.2, 0.25) is 0 Å². The van der Waals surface area contributed by atoms with Crippen molar-refractivity contribution in [3.63, 3.8) is 0 Å². The fourth-order valence-electron chi connectivity index (χ4n) is 5.35. The van der Waals surface area contributed by atoms with Crippen LogP contribution in [0.3, 0.4) is 0 Å². The van der Waals surface area contributed by atoms with E-state index in [9.17, 15) is 22.4 Å². The third-order valence-corrected chi connectivity index (χ3v) is 7.26. The fourth-order valence-corrected chi connectivity index (χ4v) is 5.35. The average molecular weight is 540 g/mol. The Morgan fingerprint density at radius 2 is 1.72 bits per heavy atom. The minimum atomic E-state index is -4.87. The molecule has 2 aliphatic heterocycles. The third kappa shape index (κ3) is 4.86.